The summed E-state index contributed by atoms with van der Waals surface area (Å²) in [7, 11) is 0. The number of alkyl halides is 3. The van der Waals surface area contributed by atoms with Crippen LogP contribution in [-0.4, -0.2) is 65.1 Å². The molecule has 1 aliphatic heterocycles. The van der Waals surface area contributed by atoms with E-state index in [0.717, 1.165) is 50.9 Å². The minimum absolute atomic E-state index is 0.0101. The summed E-state index contributed by atoms with van der Waals surface area (Å²) in [5, 5.41) is 5.98. The molecule has 0 radical (unpaired) electrons. The highest BCUT2D eigenvalue weighted by molar-refractivity contribution is 5.91. The molecule has 1 aliphatic carbocycles. The number of benzene rings is 1. The first-order valence-corrected chi connectivity index (χ1v) is 11.5. The summed E-state index contributed by atoms with van der Waals surface area (Å²) < 4.78 is 44.3. The molecular formula is C23H28F3N5O3. The molecule has 1 saturated heterocycles. The lowest BCUT2D eigenvalue weighted by Crippen LogP contribution is -2.63. The Morgan fingerprint density at radius 2 is 1.88 bits per heavy atom. The SMILES string of the molecule is CCOC(=O)[C@H]1CC[C@@H](N2CC(NC(=O)CNc3ncnc4ccc(C(F)(F)F)cc34)C2)CC1. The van der Waals surface area contributed by atoms with Crippen LogP contribution in [0.2, 0.25) is 0 Å². The molecule has 34 heavy (non-hydrogen) atoms. The number of nitrogens with zero attached hydrogens (tertiary/aromatic N) is 3. The quantitative estimate of drug-likeness (QED) is 0.590. The van der Waals surface area contributed by atoms with Crippen molar-refractivity contribution in [2.45, 2.75) is 50.9 Å². The van der Waals surface area contributed by atoms with Gasteiger partial charge in [-0.05, 0) is 50.8 Å². The molecule has 2 fully saturated rings. The van der Waals surface area contributed by atoms with Gasteiger partial charge in [0.2, 0.25) is 5.91 Å². The topological polar surface area (TPSA) is 96.5 Å². The number of halogens is 3. The molecule has 1 aromatic heterocycles. The van der Waals surface area contributed by atoms with Gasteiger partial charge in [0.25, 0.3) is 0 Å². The average Bonchev–Trinajstić information content (AvgIpc) is 2.79. The molecule has 1 saturated carbocycles. The Balaban J connectivity index is 1.23. The van der Waals surface area contributed by atoms with Gasteiger partial charge in [-0.15, -0.1) is 0 Å². The predicted octanol–water partition coefficient (Wildman–Crippen LogP) is 2.98. The lowest BCUT2D eigenvalue weighted by Gasteiger charge is -2.46. The number of likely N-dealkylation sites (tertiary alicyclic amines) is 1. The zero-order valence-electron chi connectivity index (χ0n) is 18.9. The van der Waals surface area contributed by atoms with E-state index in [1.807, 2.05) is 6.92 Å². The summed E-state index contributed by atoms with van der Waals surface area (Å²) >= 11 is 0. The Labute approximate surface area is 195 Å². The molecule has 2 aliphatic rings. The maximum atomic E-state index is 13.1. The highest BCUT2D eigenvalue weighted by Crippen LogP contribution is 2.33. The number of anilines is 1. The Bertz CT molecular complexity index is 1030. The molecule has 0 spiro atoms. The van der Waals surface area contributed by atoms with Crippen molar-refractivity contribution < 1.29 is 27.5 Å². The van der Waals surface area contributed by atoms with Crippen LogP contribution >= 0.6 is 0 Å². The van der Waals surface area contributed by atoms with Crippen molar-refractivity contribution in [3.63, 3.8) is 0 Å². The first kappa shape index (κ1) is 24.2. The van der Waals surface area contributed by atoms with E-state index >= 15 is 0 Å². The number of hydrogen-bond donors (Lipinski definition) is 2. The Hall–Kier alpha value is -2.95. The normalized spacial score (nSPS) is 21.6. The fourth-order valence-electron chi connectivity index (χ4n) is 4.66. The van der Waals surface area contributed by atoms with Gasteiger partial charge in [-0.3, -0.25) is 14.5 Å². The summed E-state index contributed by atoms with van der Waals surface area (Å²) in [6.45, 7) is 3.59. The van der Waals surface area contributed by atoms with Gasteiger partial charge < -0.3 is 15.4 Å². The van der Waals surface area contributed by atoms with Gasteiger partial charge in [0, 0.05) is 24.5 Å². The van der Waals surface area contributed by atoms with Crippen molar-refractivity contribution >= 4 is 28.6 Å². The van der Waals surface area contributed by atoms with Crippen LogP contribution in [0.5, 0.6) is 0 Å². The summed E-state index contributed by atoms with van der Waals surface area (Å²) in [4.78, 5) is 34.6. The standard InChI is InChI=1S/C23H28F3N5O3/c1-2-34-22(33)14-3-6-17(7-4-14)31-11-16(12-31)30-20(32)10-27-21-18-9-15(23(24,25)26)5-8-19(18)28-13-29-21/h5,8-9,13-14,16-17H,2-4,6-7,10-12H2,1H3,(H,30,32)(H,27,28,29)/t14-,17+. The summed E-state index contributed by atoms with van der Waals surface area (Å²) in [6.07, 6.45) is 0.287. The number of nitrogens with one attached hydrogen (secondary N) is 2. The summed E-state index contributed by atoms with van der Waals surface area (Å²) in [5.74, 6) is -0.188. The van der Waals surface area contributed by atoms with Crippen molar-refractivity contribution in [1.82, 2.24) is 20.2 Å². The number of esters is 1. The van der Waals surface area contributed by atoms with E-state index in [1.165, 1.54) is 12.4 Å². The fourth-order valence-corrected chi connectivity index (χ4v) is 4.66. The number of aromatic nitrogens is 2. The van der Waals surface area contributed by atoms with Crippen LogP contribution < -0.4 is 10.6 Å². The number of fused-ring (bicyclic) bond motifs is 1. The second kappa shape index (κ2) is 10.1. The van der Waals surface area contributed by atoms with Crippen molar-refractivity contribution in [3.8, 4) is 0 Å². The maximum absolute atomic E-state index is 13.1. The first-order valence-electron chi connectivity index (χ1n) is 11.5. The van der Waals surface area contributed by atoms with Gasteiger partial charge in [-0.1, -0.05) is 0 Å². The van der Waals surface area contributed by atoms with Crippen LogP contribution in [0.4, 0.5) is 19.0 Å². The van der Waals surface area contributed by atoms with Gasteiger partial charge >= 0.3 is 12.1 Å². The lowest BCUT2D eigenvalue weighted by atomic mass is 9.84. The summed E-state index contributed by atoms with van der Waals surface area (Å²) in [6, 6.07) is 3.67. The van der Waals surface area contributed by atoms with Crippen LogP contribution in [-0.2, 0) is 20.5 Å². The van der Waals surface area contributed by atoms with E-state index in [4.69, 9.17) is 4.74 Å². The van der Waals surface area contributed by atoms with E-state index in [0.29, 0.717) is 18.2 Å². The molecule has 8 nitrogen and oxygen atoms in total. The highest BCUT2D eigenvalue weighted by atomic mass is 19.4. The van der Waals surface area contributed by atoms with Gasteiger partial charge in [-0.25, -0.2) is 9.97 Å². The van der Waals surface area contributed by atoms with Crippen LogP contribution in [0.1, 0.15) is 38.2 Å². The molecular weight excluding hydrogens is 451 g/mol. The minimum Gasteiger partial charge on any atom is -0.466 e. The van der Waals surface area contributed by atoms with Crippen molar-refractivity contribution in [1.29, 1.82) is 0 Å². The number of hydrogen-bond acceptors (Lipinski definition) is 7. The fraction of sp³-hybridized carbons (Fsp3) is 0.565. The second-order valence-corrected chi connectivity index (χ2v) is 8.78. The first-order chi connectivity index (χ1) is 16.2. The molecule has 184 valence electrons. The van der Waals surface area contributed by atoms with Gasteiger partial charge in [0.05, 0.1) is 36.2 Å². The van der Waals surface area contributed by atoms with E-state index in [-0.39, 0.29) is 41.6 Å². The number of ether oxygens (including phenoxy) is 1. The minimum atomic E-state index is -4.48. The van der Waals surface area contributed by atoms with E-state index < -0.39 is 11.7 Å². The molecule has 2 N–H and O–H groups in total. The number of carbonyl (C=O) groups is 2. The van der Waals surface area contributed by atoms with Gasteiger partial charge in [0.15, 0.2) is 0 Å². The van der Waals surface area contributed by atoms with Crippen LogP contribution in [0.15, 0.2) is 24.5 Å². The Morgan fingerprint density at radius 1 is 1.15 bits per heavy atom. The number of rotatable bonds is 7. The molecule has 0 atom stereocenters. The zero-order valence-corrected chi connectivity index (χ0v) is 18.9. The molecule has 2 heterocycles. The molecule has 1 amide bonds. The molecule has 4 rings (SSSR count). The van der Waals surface area contributed by atoms with E-state index in [1.54, 1.807) is 0 Å². The molecule has 2 aromatic rings. The van der Waals surface area contributed by atoms with Gasteiger partial charge in [-0.2, -0.15) is 13.2 Å². The Morgan fingerprint density at radius 3 is 2.56 bits per heavy atom. The van der Waals surface area contributed by atoms with Crippen molar-refractivity contribution in [2.75, 3.05) is 31.6 Å². The molecule has 0 unspecified atom stereocenters. The number of carbonyl (C=O) groups excluding carboxylic acids is 2. The third-order valence-electron chi connectivity index (χ3n) is 6.49. The van der Waals surface area contributed by atoms with Crippen molar-refractivity contribution in [3.05, 3.63) is 30.1 Å². The third-order valence-corrected chi connectivity index (χ3v) is 6.49. The molecule has 11 heteroatoms. The molecule has 0 bridgehead atoms. The van der Waals surface area contributed by atoms with E-state index in [9.17, 15) is 22.8 Å². The predicted molar refractivity (Wildman–Crippen MR) is 119 cm³/mol. The third kappa shape index (κ3) is 5.57. The van der Waals surface area contributed by atoms with Crippen LogP contribution in [0, 0.1) is 5.92 Å². The second-order valence-electron chi connectivity index (χ2n) is 8.78. The van der Waals surface area contributed by atoms with Crippen molar-refractivity contribution in [2.24, 2.45) is 5.92 Å². The maximum Gasteiger partial charge on any atom is 0.416 e. The smallest absolute Gasteiger partial charge is 0.416 e. The summed E-state index contributed by atoms with van der Waals surface area (Å²) in [5.41, 5.74) is -0.439. The lowest BCUT2D eigenvalue weighted by molar-refractivity contribution is -0.149. The average molecular weight is 480 g/mol. The largest absolute Gasteiger partial charge is 0.466 e. The molecule has 1 aromatic carbocycles. The van der Waals surface area contributed by atoms with Crippen LogP contribution in [0.25, 0.3) is 10.9 Å². The van der Waals surface area contributed by atoms with Crippen LogP contribution in [0.3, 0.4) is 0 Å². The Kier molecular flexibility index (Phi) is 7.20. The zero-order chi connectivity index (χ0) is 24.3. The van der Waals surface area contributed by atoms with E-state index in [2.05, 4.69) is 25.5 Å². The highest BCUT2D eigenvalue weighted by Gasteiger charge is 2.36. The van der Waals surface area contributed by atoms with Gasteiger partial charge in [0.1, 0.15) is 12.1 Å². The number of amides is 1. The monoisotopic (exact) mass is 479 g/mol.